The molecule has 0 saturated carbocycles. The van der Waals surface area contributed by atoms with E-state index >= 15 is 0 Å². The number of aryl methyl sites for hydroxylation is 2. The normalized spacial score (nSPS) is 10.9. The molecule has 6 nitrogen and oxygen atoms in total. The van der Waals surface area contributed by atoms with E-state index < -0.39 is 0 Å². The second kappa shape index (κ2) is 12.3. The number of anilines is 1. The van der Waals surface area contributed by atoms with Crippen LogP contribution in [0.3, 0.4) is 0 Å². The predicted octanol–water partition coefficient (Wildman–Crippen LogP) is 5.64. The zero-order valence-corrected chi connectivity index (χ0v) is 20.4. The molecule has 0 aliphatic rings. The SMILES string of the molecule is C=CCn1c(CCCOc2ccccc2C)nnc1SCC(=O)Nc1ccc(C(C)C)cc1. The van der Waals surface area contributed by atoms with E-state index in [0.717, 1.165) is 40.8 Å². The third kappa shape index (κ3) is 7.22. The van der Waals surface area contributed by atoms with Crippen molar-refractivity contribution in [1.29, 1.82) is 0 Å². The van der Waals surface area contributed by atoms with Gasteiger partial charge in [0, 0.05) is 18.7 Å². The highest BCUT2D eigenvalue weighted by Crippen LogP contribution is 2.21. The molecule has 0 aliphatic carbocycles. The van der Waals surface area contributed by atoms with Crippen molar-refractivity contribution in [1.82, 2.24) is 14.8 Å². The molecular weight excluding hydrogens is 432 g/mol. The molecule has 1 amide bonds. The van der Waals surface area contributed by atoms with Crippen LogP contribution in [0.4, 0.5) is 5.69 Å². The quantitative estimate of drug-likeness (QED) is 0.213. The molecule has 174 valence electrons. The molecule has 0 atom stereocenters. The number of carbonyl (C=O) groups is 1. The van der Waals surface area contributed by atoms with Crippen molar-refractivity contribution < 1.29 is 9.53 Å². The first-order valence-electron chi connectivity index (χ1n) is 11.2. The molecule has 2 aromatic carbocycles. The first-order valence-corrected chi connectivity index (χ1v) is 12.2. The lowest BCUT2D eigenvalue weighted by molar-refractivity contribution is -0.113. The van der Waals surface area contributed by atoms with Crippen LogP contribution in [0.15, 0.2) is 66.3 Å². The van der Waals surface area contributed by atoms with Crippen molar-refractivity contribution in [3.05, 3.63) is 78.1 Å². The van der Waals surface area contributed by atoms with Gasteiger partial charge in [-0.05, 0) is 48.6 Å². The van der Waals surface area contributed by atoms with Crippen molar-refractivity contribution in [2.24, 2.45) is 0 Å². The van der Waals surface area contributed by atoms with Crippen LogP contribution in [-0.2, 0) is 17.8 Å². The molecule has 0 radical (unpaired) electrons. The average molecular weight is 465 g/mol. The number of allylic oxidation sites excluding steroid dienone is 1. The molecule has 33 heavy (non-hydrogen) atoms. The van der Waals surface area contributed by atoms with Gasteiger partial charge in [-0.25, -0.2) is 0 Å². The minimum absolute atomic E-state index is 0.0707. The first kappa shape index (κ1) is 24.6. The number of nitrogens with zero attached hydrogens (tertiary/aromatic N) is 3. The van der Waals surface area contributed by atoms with Gasteiger partial charge in [-0.3, -0.25) is 4.79 Å². The van der Waals surface area contributed by atoms with Crippen molar-refractivity contribution in [2.75, 3.05) is 17.7 Å². The lowest BCUT2D eigenvalue weighted by Crippen LogP contribution is -2.15. The van der Waals surface area contributed by atoms with Crippen LogP contribution >= 0.6 is 11.8 Å². The lowest BCUT2D eigenvalue weighted by atomic mass is 10.0. The molecule has 1 aromatic heterocycles. The van der Waals surface area contributed by atoms with E-state index in [2.05, 4.69) is 35.9 Å². The van der Waals surface area contributed by atoms with Gasteiger partial charge in [0.15, 0.2) is 5.16 Å². The molecule has 0 spiro atoms. The Morgan fingerprint density at radius 3 is 2.64 bits per heavy atom. The Balaban J connectivity index is 1.51. The molecule has 0 saturated heterocycles. The van der Waals surface area contributed by atoms with Gasteiger partial charge in [-0.2, -0.15) is 0 Å². The summed E-state index contributed by atoms with van der Waals surface area (Å²) < 4.78 is 7.90. The molecular formula is C26H32N4O2S. The maximum atomic E-state index is 12.4. The van der Waals surface area contributed by atoms with Gasteiger partial charge in [-0.15, -0.1) is 16.8 Å². The summed E-state index contributed by atoms with van der Waals surface area (Å²) >= 11 is 1.38. The summed E-state index contributed by atoms with van der Waals surface area (Å²) in [6, 6.07) is 16.0. The zero-order valence-electron chi connectivity index (χ0n) is 19.6. The molecule has 0 unspecified atom stereocenters. The predicted molar refractivity (Wildman–Crippen MR) is 135 cm³/mol. The molecule has 1 heterocycles. The van der Waals surface area contributed by atoms with E-state index in [-0.39, 0.29) is 11.7 Å². The maximum absolute atomic E-state index is 12.4. The number of hydrogen-bond acceptors (Lipinski definition) is 5. The molecule has 0 fully saturated rings. The second-order valence-electron chi connectivity index (χ2n) is 8.13. The van der Waals surface area contributed by atoms with Crippen LogP contribution in [-0.4, -0.2) is 33.0 Å². The fourth-order valence-corrected chi connectivity index (χ4v) is 4.10. The number of carbonyl (C=O) groups excluding carboxylic acids is 1. The van der Waals surface area contributed by atoms with Crippen molar-refractivity contribution in [3.63, 3.8) is 0 Å². The van der Waals surface area contributed by atoms with Crippen molar-refractivity contribution in [2.45, 2.75) is 51.2 Å². The third-order valence-electron chi connectivity index (χ3n) is 5.19. The lowest BCUT2D eigenvalue weighted by Gasteiger charge is -2.10. The van der Waals surface area contributed by atoms with Gasteiger partial charge < -0.3 is 14.6 Å². The van der Waals surface area contributed by atoms with Crippen molar-refractivity contribution in [3.8, 4) is 5.75 Å². The zero-order chi connectivity index (χ0) is 23.6. The van der Waals surface area contributed by atoms with Crippen LogP contribution in [0.2, 0.25) is 0 Å². The van der Waals surface area contributed by atoms with Crippen LogP contribution in [0, 0.1) is 6.92 Å². The Morgan fingerprint density at radius 2 is 1.94 bits per heavy atom. The molecule has 7 heteroatoms. The standard InChI is InChI=1S/C26H32N4O2S/c1-5-16-30-24(11-8-17-32-23-10-7-6-9-20(23)4)28-29-26(30)33-18-25(31)27-22-14-12-21(13-15-22)19(2)3/h5-7,9-10,12-15,19H,1,8,11,16-18H2,2-4H3,(H,27,31). The largest absolute Gasteiger partial charge is 0.493 e. The monoisotopic (exact) mass is 464 g/mol. The van der Waals surface area contributed by atoms with Crippen LogP contribution < -0.4 is 10.1 Å². The second-order valence-corrected chi connectivity index (χ2v) is 9.07. The van der Waals surface area contributed by atoms with E-state index in [1.165, 1.54) is 17.3 Å². The van der Waals surface area contributed by atoms with Gasteiger partial charge in [0.1, 0.15) is 11.6 Å². The first-order chi connectivity index (χ1) is 16.0. The summed E-state index contributed by atoms with van der Waals surface area (Å²) in [6.45, 7) is 11.4. The highest BCUT2D eigenvalue weighted by atomic mass is 32.2. The fourth-order valence-electron chi connectivity index (χ4n) is 3.33. The number of ether oxygens (including phenoxy) is 1. The highest BCUT2D eigenvalue weighted by Gasteiger charge is 2.14. The minimum atomic E-state index is -0.0707. The molecule has 0 aliphatic heterocycles. The van der Waals surface area contributed by atoms with Gasteiger partial charge >= 0.3 is 0 Å². The van der Waals surface area contributed by atoms with E-state index in [4.69, 9.17) is 4.74 Å². The number of thioether (sulfide) groups is 1. The molecule has 3 aromatic rings. The number of para-hydroxylation sites is 1. The van der Waals surface area contributed by atoms with E-state index in [0.29, 0.717) is 19.1 Å². The Hall–Kier alpha value is -3.06. The number of rotatable bonds is 12. The highest BCUT2D eigenvalue weighted by molar-refractivity contribution is 7.99. The Kier molecular flexibility index (Phi) is 9.13. The van der Waals surface area contributed by atoms with Crippen LogP contribution in [0.1, 0.15) is 43.1 Å². The van der Waals surface area contributed by atoms with Gasteiger partial charge in [0.05, 0.1) is 12.4 Å². The Bertz CT molecular complexity index is 1060. The van der Waals surface area contributed by atoms with E-state index in [1.807, 2.05) is 66.1 Å². The van der Waals surface area contributed by atoms with Gasteiger partial charge in [-0.1, -0.05) is 62.0 Å². The summed E-state index contributed by atoms with van der Waals surface area (Å²) in [5.41, 5.74) is 3.17. The maximum Gasteiger partial charge on any atom is 0.234 e. The summed E-state index contributed by atoms with van der Waals surface area (Å²) in [5.74, 6) is 2.43. The summed E-state index contributed by atoms with van der Waals surface area (Å²) in [6.07, 6.45) is 3.37. The fraction of sp³-hybridized carbons (Fsp3) is 0.346. The summed E-state index contributed by atoms with van der Waals surface area (Å²) in [4.78, 5) is 12.4. The van der Waals surface area contributed by atoms with E-state index in [9.17, 15) is 4.79 Å². The number of aromatic nitrogens is 3. The Labute approximate surface area is 200 Å². The molecule has 3 rings (SSSR count). The Morgan fingerprint density at radius 1 is 1.18 bits per heavy atom. The number of amides is 1. The number of hydrogen-bond donors (Lipinski definition) is 1. The minimum Gasteiger partial charge on any atom is -0.493 e. The van der Waals surface area contributed by atoms with Crippen LogP contribution in [0.5, 0.6) is 5.75 Å². The number of benzene rings is 2. The summed E-state index contributed by atoms with van der Waals surface area (Å²) in [5, 5.41) is 12.3. The molecule has 0 bridgehead atoms. The number of nitrogens with one attached hydrogen (secondary N) is 1. The van der Waals surface area contributed by atoms with Gasteiger partial charge in [0.2, 0.25) is 5.91 Å². The molecule has 1 N–H and O–H groups in total. The smallest absolute Gasteiger partial charge is 0.234 e. The average Bonchev–Trinajstić information content (AvgIpc) is 3.18. The topological polar surface area (TPSA) is 69.0 Å². The van der Waals surface area contributed by atoms with Crippen molar-refractivity contribution >= 4 is 23.4 Å². The van der Waals surface area contributed by atoms with Crippen LogP contribution in [0.25, 0.3) is 0 Å². The summed E-state index contributed by atoms with van der Waals surface area (Å²) in [7, 11) is 0. The van der Waals surface area contributed by atoms with E-state index in [1.54, 1.807) is 0 Å². The third-order valence-corrected chi connectivity index (χ3v) is 6.16. The van der Waals surface area contributed by atoms with Gasteiger partial charge in [0.25, 0.3) is 0 Å².